The summed E-state index contributed by atoms with van der Waals surface area (Å²) in [5, 5.41) is 11.6. The van der Waals surface area contributed by atoms with Crippen LogP contribution in [0.25, 0.3) is 6.08 Å². The Morgan fingerprint density at radius 2 is 1.91 bits per heavy atom. The van der Waals surface area contributed by atoms with Gasteiger partial charge < -0.3 is 9.47 Å². The van der Waals surface area contributed by atoms with E-state index in [4.69, 9.17) is 9.47 Å². The monoisotopic (exact) mass is 537 g/mol. The average molecular weight is 538 g/mol. The first-order chi connectivity index (χ1) is 16.9. The highest BCUT2D eigenvalue weighted by Gasteiger charge is 2.40. The van der Waals surface area contributed by atoms with E-state index in [-0.39, 0.29) is 18.2 Å². The third-order valence-corrected chi connectivity index (χ3v) is 6.56. The van der Waals surface area contributed by atoms with Gasteiger partial charge in [0, 0.05) is 11.6 Å². The van der Waals surface area contributed by atoms with Gasteiger partial charge in [-0.05, 0) is 65.5 Å². The number of carbonyl (C=O) groups excluding carboxylic acids is 3. The Labute approximate surface area is 211 Å². The van der Waals surface area contributed by atoms with Gasteiger partial charge in [0.15, 0.2) is 11.5 Å². The summed E-state index contributed by atoms with van der Waals surface area (Å²) in [7, 11) is 0. The molecule has 2 aromatic rings. The number of hydrogen-bond donors (Lipinski definition) is 1. The molecule has 4 rings (SSSR count). The van der Waals surface area contributed by atoms with Crippen LogP contribution >= 0.6 is 15.9 Å². The number of nitriles is 1. The van der Waals surface area contributed by atoms with Crippen LogP contribution in [0.15, 0.2) is 46.4 Å². The number of nitrogens with one attached hydrogen (secondary N) is 1. The molecule has 1 aliphatic heterocycles. The maximum absolute atomic E-state index is 13.1. The Morgan fingerprint density at radius 3 is 2.63 bits per heavy atom. The number of ether oxygens (including phenoxy) is 2. The highest BCUT2D eigenvalue weighted by Crippen LogP contribution is 2.38. The summed E-state index contributed by atoms with van der Waals surface area (Å²) in [5.74, 6) is -0.468. The number of nitrogens with zero attached hydrogens (tertiary/aromatic N) is 2. The second-order valence-corrected chi connectivity index (χ2v) is 9.11. The lowest BCUT2D eigenvalue weighted by molar-refractivity contribution is -0.131. The van der Waals surface area contributed by atoms with E-state index in [2.05, 4.69) is 27.3 Å². The minimum Gasteiger partial charge on any atom is -0.490 e. The topological polar surface area (TPSA) is 109 Å². The van der Waals surface area contributed by atoms with E-state index in [1.165, 1.54) is 11.0 Å². The quantitative estimate of drug-likeness (QED) is 0.404. The molecule has 0 atom stereocenters. The van der Waals surface area contributed by atoms with E-state index < -0.39 is 17.8 Å². The van der Waals surface area contributed by atoms with Crippen molar-refractivity contribution in [3.05, 3.63) is 63.1 Å². The molecular formula is C26H24BrN3O5. The Morgan fingerprint density at radius 1 is 1.17 bits per heavy atom. The lowest BCUT2D eigenvalue weighted by Crippen LogP contribution is -2.57. The number of rotatable bonds is 7. The Balaban J connectivity index is 1.63. The molecular weight excluding hydrogens is 514 g/mol. The van der Waals surface area contributed by atoms with Crippen molar-refractivity contribution in [1.29, 1.82) is 5.26 Å². The van der Waals surface area contributed by atoms with Crippen LogP contribution in [0.4, 0.5) is 4.79 Å². The summed E-state index contributed by atoms with van der Waals surface area (Å²) in [5.41, 5.74) is 1.68. The first-order valence-electron chi connectivity index (χ1n) is 11.4. The van der Waals surface area contributed by atoms with Crippen molar-refractivity contribution in [2.24, 2.45) is 0 Å². The van der Waals surface area contributed by atoms with Crippen molar-refractivity contribution in [2.75, 3.05) is 6.61 Å². The van der Waals surface area contributed by atoms with Crippen LogP contribution < -0.4 is 14.8 Å². The molecule has 1 saturated carbocycles. The fourth-order valence-corrected chi connectivity index (χ4v) is 4.89. The molecule has 0 bridgehead atoms. The number of carbonyl (C=O) groups is 3. The number of halogens is 1. The maximum Gasteiger partial charge on any atom is 0.331 e. The molecule has 0 aromatic heterocycles. The number of hydrogen-bond acceptors (Lipinski definition) is 6. The summed E-state index contributed by atoms with van der Waals surface area (Å²) >= 11 is 3.50. The van der Waals surface area contributed by atoms with E-state index in [9.17, 15) is 19.6 Å². The Bertz CT molecular complexity index is 1240. The second kappa shape index (κ2) is 10.7. The van der Waals surface area contributed by atoms with Gasteiger partial charge in [-0.1, -0.05) is 31.0 Å². The van der Waals surface area contributed by atoms with Gasteiger partial charge in [-0.25, -0.2) is 4.79 Å². The fourth-order valence-electron chi connectivity index (χ4n) is 4.31. The van der Waals surface area contributed by atoms with E-state index in [1.54, 1.807) is 24.3 Å². The van der Waals surface area contributed by atoms with Crippen molar-refractivity contribution < 1.29 is 23.9 Å². The second-order valence-electron chi connectivity index (χ2n) is 8.25. The first kappa shape index (κ1) is 24.5. The molecule has 0 unspecified atom stereocenters. The van der Waals surface area contributed by atoms with Crippen molar-refractivity contribution in [2.45, 2.75) is 45.3 Å². The number of amides is 4. The number of imide groups is 2. The highest BCUT2D eigenvalue weighted by molar-refractivity contribution is 9.10. The molecule has 1 N–H and O–H groups in total. The number of urea groups is 1. The zero-order chi connectivity index (χ0) is 24.9. The zero-order valence-electron chi connectivity index (χ0n) is 19.2. The van der Waals surface area contributed by atoms with E-state index >= 15 is 0 Å². The molecule has 180 valence electrons. The fraction of sp³-hybridized carbons (Fsp3) is 0.308. The minimum atomic E-state index is -0.725. The largest absolute Gasteiger partial charge is 0.490 e. The van der Waals surface area contributed by atoms with E-state index in [0.717, 1.165) is 31.2 Å². The summed E-state index contributed by atoms with van der Waals surface area (Å²) in [4.78, 5) is 39.1. The molecule has 9 heteroatoms. The van der Waals surface area contributed by atoms with E-state index in [0.29, 0.717) is 33.7 Å². The minimum absolute atomic E-state index is 0.109. The average Bonchev–Trinajstić information content (AvgIpc) is 3.36. The predicted octanol–water partition coefficient (Wildman–Crippen LogP) is 4.70. The Hall–Kier alpha value is -3.64. The smallest absolute Gasteiger partial charge is 0.331 e. The summed E-state index contributed by atoms with van der Waals surface area (Å²) in [6.45, 7) is 2.35. The van der Waals surface area contributed by atoms with Gasteiger partial charge in [0.2, 0.25) is 0 Å². The molecule has 2 aliphatic rings. The SMILES string of the molecule is CCOc1cc(/C=C2\C(=O)NC(=O)N(C3CCCC3)C2=O)cc(Br)c1OCc1ccccc1C#N. The highest BCUT2D eigenvalue weighted by atomic mass is 79.9. The van der Waals surface area contributed by atoms with Gasteiger partial charge in [-0.2, -0.15) is 5.26 Å². The third-order valence-electron chi connectivity index (χ3n) is 5.98. The zero-order valence-corrected chi connectivity index (χ0v) is 20.8. The van der Waals surface area contributed by atoms with Crippen LogP contribution in [0.5, 0.6) is 11.5 Å². The Kier molecular flexibility index (Phi) is 7.51. The van der Waals surface area contributed by atoms with Gasteiger partial charge in [-0.3, -0.25) is 19.8 Å². The summed E-state index contributed by atoms with van der Waals surface area (Å²) < 4.78 is 12.3. The predicted molar refractivity (Wildman–Crippen MR) is 131 cm³/mol. The summed E-state index contributed by atoms with van der Waals surface area (Å²) in [6, 6.07) is 11.8. The van der Waals surface area contributed by atoms with Crippen molar-refractivity contribution in [1.82, 2.24) is 10.2 Å². The molecule has 1 heterocycles. The standard InChI is InChI=1S/C26H24BrN3O5/c1-2-34-22-13-16(12-21(27)23(22)35-15-18-8-4-3-7-17(18)14-28)11-20-24(31)29-26(33)30(25(20)32)19-9-5-6-10-19/h3-4,7-8,11-13,19H,2,5-6,9-10,15H2,1H3,(H,29,31,33)/b20-11+. The number of barbiturate groups is 1. The maximum atomic E-state index is 13.1. The summed E-state index contributed by atoms with van der Waals surface area (Å²) in [6.07, 6.45) is 4.82. The van der Waals surface area contributed by atoms with E-state index in [1.807, 2.05) is 19.1 Å². The lowest BCUT2D eigenvalue weighted by Gasteiger charge is -2.31. The molecule has 1 saturated heterocycles. The van der Waals surface area contributed by atoms with Crippen LogP contribution in [-0.4, -0.2) is 35.4 Å². The first-order valence-corrected chi connectivity index (χ1v) is 12.2. The third kappa shape index (κ3) is 5.23. The molecule has 0 radical (unpaired) electrons. The molecule has 2 fully saturated rings. The van der Waals surface area contributed by atoms with Gasteiger partial charge in [0.25, 0.3) is 11.8 Å². The molecule has 4 amide bonds. The molecule has 8 nitrogen and oxygen atoms in total. The lowest BCUT2D eigenvalue weighted by atomic mass is 10.0. The molecule has 35 heavy (non-hydrogen) atoms. The van der Waals surface area contributed by atoms with Crippen molar-refractivity contribution in [3.8, 4) is 17.6 Å². The van der Waals surface area contributed by atoms with Gasteiger partial charge >= 0.3 is 6.03 Å². The molecule has 2 aromatic carbocycles. The van der Waals surface area contributed by atoms with Crippen LogP contribution in [-0.2, 0) is 16.2 Å². The normalized spacial score (nSPS) is 17.5. The number of benzene rings is 2. The van der Waals surface area contributed by atoms with Crippen LogP contribution in [0.2, 0.25) is 0 Å². The van der Waals surface area contributed by atoms with Crippen LogP contribution in [0.1, 0.15) is 49.3 Å². The van der Waals surface area contributed by atoms with Crippen LogP contribution in [0, 0.1) is 11.3 Å². The van der Waals surface area contributed by atoms with Gasteiger partial charge in [-0.15, -0.1) is 0 Å². The van der Waals surface area contributed by atoms with Gasteiger partial charge in [0.05, 0.1) is 22.7 Å². The molecule has 1 aliphatic carbocycles. The van der Waals surface area contributed by atoms with Crippen molar-refractivity contribution in [3.63, 3.8) is 0 Å². The molecule has 0 spiro atoms. The van der Waals surface area contributed by atoms with Crippen LogP contribution in [0.3, 0.4) is 0 Å². The van der Waals surface area contributed by atoms with Gasteiger partial charge in [0.1, 0.15) is 12.2 Å². The van der Waals surface area contributed by atoms with Crippen molar-refractivity contribution >= 4 is 39.9 Å².